The summed E-state index contributed by atoms with van der Waals surface area (Å²) in [6.45, 7) is 0. The molecule has 7 heteroatoms. The standard InChI is InChI=1S/H3NO3S.H2N.Pt/c1-5(2,3)4;;/h(H3,1,2,3,4);1H2;/q;-1;+1. The minimum atomic E-state index is -4.17. The summed E-state index contributed by atoms with van der Waals surface area (Å²) in [5.74, 6) is 0. The first kappa shape index (κ1) is 10.5. The molecular formula is H5N2O3PtS. The van der Waals surface area contributed by atoms with E-state index in [0.717, 1.165) is 0 Å². The molecule has 7 heavy (non-hydrogen) atoms. The predicted molar refractivity (Wildman–Crippen MR) is 19.9 cm³/mol. The Hall–Kier alpha value is 0.518. The van der Waals surface area contributed by atoms with Crippen LogP contribution in [-0.4, -0.2) is 13.0 Å². The first-order valence-corrected chi connectivity index (χ1v) is 3.75. The Labute approximate surface area is 53.1 Å². The molecule has 5 N–H and O–H groups in total. The third-order valence-corrected chi connectivity index (χ3v) is 0. The van der Waals surface area contributed by atoms with E-state index in [4.69, 9.17) is 13.0 Å². The van der Waals surface area contributed by atoms with E-state index in [1.807, 2.05) is 0 Å². The van der Waals surface area contributed by atoms with Crippen molar-refractivity contribution < 1.29 is 33.0 Å². The van der Waals surface area contributed by atoms with E-state index in [2.05, 4.69) is 9.43 Å². The van der Waals surface area contributed by atoms with Crippen molar-refractivity contribution in [1.29, 1.82) is 0 Å². The van der Waals surface area contributed by atoms with Crippen molar-refractivity contribution in [3.63, 3.8) is 0 Å². The molecule has 0 heterocycles. The van der Waals surface area contributed by atoms with E-state index in [-0.39, 0.29) is 0 Å². The number of hydrogen-bond acceptors (Lipinski definition) is 3. The first-order chi connectivity index (χ1) is 3.00. The zero-order valence-corrected chi connectivity index (χ0v) is 6.23. The fourth-order valence-electron chi connectivity index (χ4n) is 0. The topological polar surface area (TPSA) is 106 Å². The quantitative estimate of drug-likeness (QED) is 0.457. The zero-order valence-electron chi connectivity index (χ0n) is 3.14. The average molecular weight is 308 g/mol. The second-order valence-corrected chi connectivity index (χ2v) is 1.54. The molecule has 0 aromatic rings. The maximum absolute atomic E-state index is 8.97. The van der Waals surface area contributed by atoms with Crippen molar-refractivity contribution in [2.24, 2.45) is 9.43 Å². The fourth-order valence-corrected chi connectivity index (χ4v) is 0. The summed E-state index contributed by atoms with van der Waals surface area (Å²) in [4.78, 5) is 0. The van der Waals surface area contributed by atoms with Crippen LogP contribution >= 0.6 is 0 Å². The van der Waals surface area contributed by atoms with Gasteiger partial charge in [0.05, 0.1) is 0 Å². The fraction of sp³-hybridized carbons (Fsp3) is 0. The molecule has 0 radical (unpaired) electrons. The van der Waals surface area contributed by atoms with Gasteiger partial charge in [-0.2, -0.15) is 8.42 Å². The molecule has 0 aromatic heterocycles. The summed E-state index contributed by atoms with van der Waals surface area (Å²) in [6, 6.07) is 0. The van der Waals surface area contributed by atoms with Gasteiger partial charge in [-0.15, -0.1) is 0 Å². The van der Waals surface area contributed by atoms with Crippen molar-refractivity contribution in [3.8, 4) is 0 Å². The van der Waals surface area contributed by atoms with Crippen molar-refractivity contribution >= 4 is 10.3 Å². The van der Waals surface area contributed by atoms with Crippen LogP contribution in [0.15, 0.2) is 0 Å². The molecule has 49 valence electrons. The molecule has 0 bridgehead atoms. The molecule has 0 atom stereocenters. The maximum atomic E-state index is 8.97. The van der Waals surface area contributed by atoms with E-state index in [1.165, 1.54) is 0 Å². The van der Waals surface area contributed by atoms with E-state index in [1.54, 1.807) is 20.1 Å². The van der Waals surface area contributed by atoms with Gasteiger partial charge in [0.25, 0.3) is 0 Å². The normalized spacial score (nSPS) is 9.29. The Balaban J connectivity index is 0. The second-order valence-electron chi connectivity index (χ2n) is 0.515. The van der Waals surface area contributed by atoms with Crippen LogP contribution in [0, 0.1) is 0 Å². The molecule has 0 unspecified atom stereocenters. The Bertz CT molecular complexity index is 96.1. The van der Waals surface area contributed by atoms with Crippen LogP contribution in [0.1, 0.15) is 0 Å². The van der Waals surface area contributed by atoms with Crippen molar-refractivity contribution in [2.75, 3.05) is 0 Å². The summed E-state index contributed by atoms with van der Waals surface area (Å²) in [7, 11) is -4.17. The molecule has 0 aliphatic rings. The van der Waals surface area contributed by atoms with Crippen LogP contribution < -0.4 is 9.43 Å². The van der Waals surface area contributed by atoms with E-state index in [0.29, 0.717) is 0 Å². The van der Waals surface area contributed by atoms with Gasteiger partial charge >= 0.3 is 34.7 Å². The number of hydrogen-bond donors (Lipinski definition) is 3. The van der Waals surface area contributed by atoms with Crippen LogP contribution in [0.2, 0.25) is 0 Å². The van der Waals surface area contributed by atoms with Crippen molar-refractivity contribution in [3.05, 3.63) is 0 Å². The summed E-state index contributed by atoms with van der Waals surface area (Å²) in [5, 5.41) is 3.88. The molecule has 0 amide bonds. The molecule has 0 spiro atoms. The summed E-state index contributed by atoms with van der Waals surface area (Å²) >= 11 is 1.64. The average Bonchev–Trinajstić information content (AvgIpc) is 1.36. The van der Waals surface area contributed by atoms with E-state index < -0.39 is 10.3 Å². The Morgan fingerprint density at radius 3 is 1.43 bits per heavy atom. The Morgan fingerprint density at radius 2 is 1.43 bits per heavy atom. The van der Waals surface area contributed by atoms with Crippen LogP contribution in [0.5, 0.6) is 0 Å². The van der Waals surface area contributed by atoms with Gasteiger partial charge in [-0.3, -0.25) is 4.55 Å². The van der Waals surface area contributed by atoms with Crippen LogP contribution in [0.4, 0.5) is 0 Å². The SMILES string of the molecule is NS(=O)(=O)O.[NH2][Pt]. The van der Waals surface area contributed by atoms with Crippen LogP contribution in [-0.2, 0) is 30.4 Å². The molecule has 0 fully saturated rings. The molecule has 0 saturated carbocycles. The molecule has 0 saturated heterocycles. The van der Waals surface area contributed by atoms with Gasteiger partial charge in [0.15, 0.2) is 0 Å². The van der Waals surface area contributed by atoms with Crippen LogP contribution in [0.3, 0.4) is 0 Å². The third kappa shape index (κ3) is 495. The van der Waals surface area contributed by atoms with E-state index in [9.17, 15) is 0 Å². The molecule has 5 nitrogen and oxygen atoms in total. The third-order valence-electron chi connectivity index (χ3n) is 0. The summed E-state index contributed by atoms with van der Waals surface area (Å²) in [5.41, 5.74) is 0. The van der Waals surface area contributed by atoms with Gasteiger partial charge in [-0.05, 0) is 0 Å². The van der Waals surface area contributed by atoms with Crippen LogP contribution in [0.25, 0.3) is 0 Å². The van der Waals surface area contributed by atoms with Gasteiger partial charge in [0.1, 0.15) is 0 Å². The number of nitrogens with two attached hydrogens (primary N) is 2. The van der Waals surface area contributed by atoms with Gasteiger partial charge in [0, 0.05) is 0 Å². The van der Waals surface area contributed by atoms with Crippen molar-refractivity contribution in [1.82, 2.24) is 0 Å². The molecule has 0 aliphatic carbocycles. The molecular weight excluding hydrogens is 303 g/mol. The second kappa shape index (κ2) is 4.67. The molecule has 0 rings (SSSR count). The molecule has 0 aromatic carbocycles. The number of rotatable bonds is 0. The predicted octanol–water partition coefficient (Wildman–Crippen LogP) is -1.85. The first-order valence-electron chi connectivity index (χ1n) is 0.934. The van der Waals surface area contributed by atoms with Gasteiger partial charge in [-0.25, -0.2) is 5.14 Å². The summed E-state index contributed by atoms with van der Waals surface area (Å²) in [6.07, 6.45) is 0. The van der Waals surface area contributed by atoms with Crippen molar-refractivity contribution in [2.45, 2.75) is 0 Å². The Kier molecular flexibility index (Phi) is 7.00. The minimum absolute atomic E-state index is 1.64. The van der Waals surface area contributed by atoms with Gasteiger partial charge < -0.3 is 0 Å². The monoisotopic (exact) mass is 308 g/mol. The summed E-state index contributed by atoms with van der Waals surface area (Å²) < 4.78 is 29.7. The molecule has 0 aliphatic heterocycles. The van der Waals surface area contributed by atoms with E-state index >= 15 is 0 Å². The Morgan fingerprint density at radius 1 is 1.43 bits per heavy atom. The van der Waals surface area contributed by atoms with Gasteiger partial charge in [-0.1, -0.05) is 0 Å². The van der Waals surface area contributed by atoms with Gasteiger partial charge in [0.2, 0.25) is 0 Å². The zero-order chi connectivity index (χ0) is 6.50.